The molecule has 1 aliphatic heterocycles. The third kappa shape index (κ3) is 4.62. The number of aromatic nitrogens is 2. The van der Waals surface area contributed by atoms with Crippen molar-refractivity contribution in [3.8, 4) is 0 Å². The molecule has 2 heterocycles. The molecule has 0 saturated carbocycles. The second kappa shape index (κ2) is 9.17. The summed E-state index contributed by atoms with van der Waals surface area (Å²) in [6.07, 6.45) is -1.95. The van der Waals surface area contributed by atoms with Crippen molar-refractivity contribution in [2.24, 2.45) is 0 Å². The van der Waals surface area contributed by atoms with Crippen LogP contribution in [0.15, 0.2) is 45.0 Å². The number of halogens is 2. The molecule has 3 rings (SSSR count). The Bertz CT molecular complexity index is 975. The molecule has 1 aromatic carbocycles. The molecule has 1 saturated heterocycles. The van der Waals surface area contributed by atoms with E-state index in [0.717, 1.165) is 10.1 Å². The summed E-state index contributed by atoms with van der Waals surface area (Å²) in [4.78, 5) is 27.5. The van der Waals surface area contributed by atoms with Gasteiger partial charge in [-0.15, -0.1) is 0 Å². The maximum Gasteiger partial charge on any atom is 0.330 e. The van der Waals surface area contributed by atoms with Gasteiger partial charge in [-0.3, -0.25) is 14.3 Å². The van der Waals surface area contributed by atoms with E-state index < -0.39 is 35.8 Å². The number of nitrogens with zero attached hydrogens (tertiary/aromatic N) is 1. The lowest BCUT2D eigenvalue weighted by atomic mass is 10.1. The van der Waals surface area contributed by atoms with Gasteiger partial charge in [0.15, 0.2) is 6.23 Å². The second-order valence-corrected chi connectivity index (χ2v) is 7.20. The zero-order chi connectivity index (χ0) is 20.3. The fourth-order valence-corrected chi connectivity index (χ4v) is 3.39. The molecule has 0 unspecified atom stereocenters. The average molecular weight is 474 g/mol. The van der Waals surface area contributed by atoms with Crippen LogP contribution < -0.4 is 11.2 Å². The summed E-state index contributed by atoms with van der Waals surface area (Å²) in [6, 6.07) is 7.14. The number of benzene rings is 1. The van der Waals surface area contributed by atoms with Gasteiger partial charge in [0, 0.05) is 11.2 Å². The van der Waals surface area contributed by atoms with E-state index in [4.69, 9.17) is 21.1 Å². The molecule has 0 bridgehead atoms. The Morgan fingerprint density at radius 2 is 2.11 bits per heavy atom. The van der Waals surface area contributed by atoms with Gasteiger partial charge in [0.05, 0.1) is 18.8 Å². The number of hydrogen-bond donors (Lipinski definition) is 3. The molecular weight excluding hydrogens is 456 g/mol. The lowest BCUT2D eigenvalue weighted by Gasteiger charge is -2.17. The molecule has 28 heavy (non-hydrogen) atoms. The van der Waals surface area contributed by atoms with Crippen LogP contribution in [0.2, 0.25) is 5.02 Å². The average Bonchev–Trinajstić information content (AvgIpc) is 2.93. The fraction of sp³-hybridized carbons (Fsp3) is 0.333. The normalized spacial score (nSPS) is 24.9. The van der Waals surface area contributed by atoms with Crippen LogP contribution in [-0.2, 0) is 16.1 Å². The van der Waals surface area contributed by atoms with Crippen LogP contribution in [0.5, 0.6) is 0 Å². The van der Waals surface area contributed by atoms with Crippen LogP contribution in [0.3, 0.4) is 0 Å². The highest BCUT2D eigenvalue weighted by molar-refractivity contribution is 9.11. The first-order valence-corrected chi connectivity index (χ1v) is 9.66. The highest BCUT2D eigenvalue weighted by Crippen LogP contribution is 2.28. The number of rotatable bonds is 6. The van der Waals surface area contributed by atoms with Gasteiger partial charge < -0.3 is 19.7 Å². The van der Waals surface area contributed by atoms with Gasteiger partial charge in [-0.05, 0) is 28.8 Å². The van der Waals surface area contributed by atoms with Crippen molar-refractivity contribution in [2.75, 3.05) is 6.61 Å². The molecule has 3 N–H and O–H groups in total. The van der Waals surface area contributed by atoms with E-state index in [1.807, 2.05) is 6.07 Å². The first kappa shape index (κ1) is 21.0. The molecule has 4 atom stereocenters. The molecule has 1 aromatic heterocycles. The molecule has 0 radical (unpaired) electrons. The largest absolute Gasteiger partial charge is 0.387 e. The third-order valence-corrected chi connectivity index (χ3v) is 4.79. The molecule has 1 aliphatic rings. The number of aliphatic hydroxyl groups excluding tert-OH is 2. The smallest absolute Gasteiger partial charge is 0.330 e. The van der Waals surface area contributed by atoms with E-state index >= 15 is 0 Å². The van der Waals surface area contributed by atoms with Crippen molar-refractivity contribution in [3.05, 3.63) is 72.4 Å². The predicted molar refractivity (Wildman–Crippen MR) is 106 cm³/mol. The maximum absolute atomic E-state index is 12.1. The van der Waals surface area contributed by atoms with Crippen LogP contribution in [-0.4, -0.2) is 44.7 Å². The Kier molecular flexibility index (Phi) is 6.86. The minimum atomic E-state index is -1.37. The number of ether oxygens (including phenoxy) is 2. The highest BCUT2D eigenvalue weighted by Gasteiger charge is 2.44. The van der Waals surface area contributed by atoms with Crippen molar-refractivity contribution in [1.82, 2.24) is 9.55 Å². The summed E-state index contributed by atoms with van der Waals surface area (Å²) in [5, 5.41) is 21.2. The minimum absolute atomic E-state index is 0.00644. The van der Waals surface area contributed by atoms with Crippen LogP contribution in [0.4, 0.5) is 0 Å². The Labute approximate surface area is 173 Å². The van der Waals surface area contributed by atoms with Crippen LogP contribution in [0, 0.1) is 0 Å². The van der Waals surface area contributed by atoms with Gasteiger partial charge in [-0.25, -0.2) is 4.79 Å². The lowest BCUT2D eigenvalue weighted by molar-refractivity contribution is -0.0711. The van der Waals surface area contributed by atoms with Gasteiger partial charge >= 0.3 is 5.69 Å². The van der Waals surface area contributed by atoms with Crippen molar-refractivity contribution in [3.63, 3.8) is 0 Å². The number of hydrogen-bond acceptors (Lipinski definition) is 6. The highest BCUT2D eigenvalue weighted by atomic mass is 79.9. The molecule has 8 nitrogen and oxygen atoms in total. The van der Waals surface area contributed by atoms with E-state index in [9.17, 15) is 19.8 Å². The maximum atomic E-state index is 12.1. The van der Waals surface area contributed by atoms with Crippen LogP contribution in [0.25, 0.3) is 6.08 Å². The lowest BCUT2D eigenvalue weighted by Crippen LogP contribution is -2.38. The van der Waals surface area contributed by atoms with Crippen molar-refractivity contribution >= 4 is 33.6 Å². The van der Waals surface area contributed by atoms with Gasteiger partial charge in [-0.2, -0.15) is 0 Å². The Morgan fingerprint density at radius 3 is 2.82 bits per heavy atom. The SMILES string of the molecule is O=c1[nH]c(=O)n([C@@H]2O[C@H](COCc3cccc(Cl)c3)[C@@H](O)[C@@H]2O)cc1/C=C/Br. The summed E-state index contributed by atoms with van der Waals surface area (Å²) >= 11 is 8.99. The second-order valence-electron chi connectivity index (χ2n) is 6.23. The molecule has 150 valence electrons. The zero-order valence-corrected chi connectivity index (χ0v) is 16.8. The summed E-state index contributed by atoms with van der Waals surface area (Å²) in [6.45, 7) is 0.236. The molecule has 0 aliphatic carbocycles. The first-order chi connectivity index (χ1) is 13.4. The number of aliphatic hydroxyl groups is 2. The Balaban J connectivity index is 1.71. The van der Waals surface area contributed by atoms with Crippen molar-refractivity contribution in [2.45, 2.75) is 31.1 Å². The van der Waals surface area contributed by atoms with Crippen LogP contribution in [0.1, 0.15) is 17.4 Å². The molecule has 2 aromatic rings. The molecule has 0 spiro atoms. The molecule has 0 amide bonds. The molecule has 10 heteroatoms. The number of H-pyrrole nitrogens is 1. The number of aromatic amines is 1. The van der Waals surface area contributed by atoms with E-state index in [2.05, 4.69) is 20.9 Å². The Morgan fingerprint density at radius 1 is 1.32 bits per heavy atom. The van der Waals surface area contributed by atoms with E-state index in [1.165, 1.54) is 17.3 Å². The minimum Gasteiger partial charge on any atom is -0.387 e. The molecule has 1 fully saturated rings. The Hall–Kier alpha value is -1.75. The standard InChI is InChI=1S/C18H18BrClN2O6/c19-5-4-11-7-22(18(26)21-16(11)25)17-15(24)14(23)13(28-17)9-27-8-10-2-1-3-12(20)6-10/h1-7,13-15,17,23-24H,8-9H2,(H,21,25,26)/b5-4+/t13-,14-,15+,17-/m1/s1. The van der Waals surface area contributed by atoms with E-state index in [0.29, 0.717) is 5.02 Å². The quantitative estimate of drug-likeness (QED) is 0.584. The van der Waals surface area contributed by atoms with Gasteiger partial charge in [0.2, 0.25) is 0 Å². The number of nitrogens with one attached hydrogen (secondary N) is 1. The summed E-state index contributed by atoms with van der Waals surface area (Å²) < 4.78 is 12.2. The van der Waals surface area contributed by atoms with Gasteiger partial charge in [0.1, 0.15) is 18.3 Å². The van der Waals surface area contributed by atoms with E-state index in [1.54, 1.807) is 18.2 Å². The first-order valence-electron chi connectivity index (χ1n) is 8.36. The van der Waals surface area contributed by atoms with Gasteiger partial charge in [-0.1, -0.05) is 39.7 Å². The van der Waals surface area contributed by atoms with Gasteiger partial charge in [0.25, 0.3) is 5.56 Å². The summed E-state index contributed by atoms with van der Waals surface area (Å²) in [5.41, 5.74) is -0.303. The van der Waals surface area contributed by atoms with Crippen molar-refractivity contribution < 1.29 is 19.7 Å². The zero-order valence-electron chi connectivity index (χ0n) is 14.5. The predicted octanol–water partition coefficient (Wildman–Crippen LogP) is 1.39. The monoisotopic (exact) mass is 472 g/mol. The third-order valence-electron chi connectivity index (χ3n) is 4.29. The molecular formula is C18H18BrClN2O6. The summed E-state index contributed by atoms with van der Waals surface area (Å²) in [7, 11) is 0. The topological polar surface area (TPSA) is 114 Å². The van der Waals surface area contributed by atoms with Crippen molar-refractivity contribution in [1.29, 1.82) is 0 Å². The van der Waals surface area contributed by atoms with Crippen LogP contribution >= 0.6 is 27.5 Å². The van der Waals surface area contributed by atoms with E-state index in [-0.39, 0.29) is 18.8 Å². The fourth-order valence-electron chi connectivity index (χ4n) is 2.89. The summed E-state index contributed by atoms with van der Waals surface area (Å²) in [5.74, 6) is 0.